The van der Waals surface area contributed by atoms with Gasteiger partial charge in [-0.3, -0.25) is 4.79 Å². The fourth-order valence-electron chi connectivity index (χ4n) is 1.67. The van der Waals surface area contributed by atoms with E-state index in [1.807, 2.05) is 6.92 Å². The first-order valence-electron chi connectivity index (χ1n) is 4.89. The number of carbonyl (C=O) groups is 1. The minimum absolute atomic E-state index is 0.0656. The molecular formula is C10H11N3O3. The van der Waals surface area contributed by atoms with Crippen LogP contribution in [0.15, 0.2) is 4.79 Å². The first-order valence-corrected chi connectivity index (χ1v) is 4.89. The zero-order valence-corrected chi connectivity index (χ0v) is 8.92. The molecule has 0 atom stereocenters. The van der Waals surface area contributed by atoms with Crippen LogP contribution in [-0.2, 0) is 6.42 Å². The second kappa shape index (κ2) is 3.48. The Bertz CT molecular complexity index is 624. The van der Waals surface area contributed by atoms with Crippen LogP contribution in [0.5, 0.6) is 0 Å². The molecule has 84 valence electrons. The quantitative estimate of drug-likeness (QED) is 0.699. The zero-order chi connectivity index (χ0) is 11.9. The summed E-state index contributed by atoms with van der Waals surface area (Å²) >= 11 is 0. The van der Waals surface area contributed by atoms with Gasteiger partial charge in [-0.1, -0.05) is 6.92 Å². The number of fused-ring (bicyclic) bond motifs is 1. The largest absolute Gasteiger partial charge is 0.478 e. The highest BCUT2D eigenvalue weighted by Gasteiger charge is 2.18. The molecule has 2 aromatic heterocycles. The molecule has 0 aromatic carbocycles. The molecule has 0 bridgehead atoms. The van der Waals surface area contributed by atoms with Crippen molar-refractivity contribution in [2.24, 2.45) is 0 Å². The van der Waals surface area contributed by atoms with Crippen LogP contribution in [0.25, 0.3) is 11.0 Å². The van der Waals surface area contributed by atoms with Gasteiger partial charge in [-0.05, 0) is 6.92 Å². The van der Waals surface area contributed by atoms with Gasteiger partial charge in [0.25, 0.3) is 5.56 Å². The highest BCUT2D eigenvalue weighted by atomic mass is 16.4. The molecule has 0 fully saturated rings. The molecule has 0 radical (unpaired) electrons. The molecule has 3 N–H and O–H groups in total. The van der Waals surface area contributed by atoms with Crippen LogP contribution >= 0.6 is 0 Å². The predicted molar refractivity (Wildman–Crippen MR) is 57.8 cm³/mol. The van der Waals surface area contributed by atoms with E-state index in [1.54, 1.807) is 6.92 Å². The Morgan fingerprint density at radius 2 is 2.12 bits per heavy atom. The lowest BCUT2D eigenvalue weighted by Crippen LogP contribution is -2.11. The lowest BCUT2D eigenvalue weighted by atomic mass is 10.2. The van der Waals surface area contributed by atoms with Crippen molar-refractivity contribution in [3.05, 3.63) is 27.4 Å². The summed E-state index contributed by atoms with van der Waals surface area (Å²) in [6.45, 7) is 3.44. The molecule has 6 nitrogen and oxygen atoms in total. The lowest BCUT2D eigenvalue weighted by molar-refractivity contribution is 0.0698. The number of hydrogen-bond acceptors (Lipinski definition) is 3. The number of aromatic nitrogens is 3. The van der Waals surface area contributed by atoms with E-state index in [4.69, 9.17) is 5.11 Å². The van der Waals surface area contributed by atoms with E-state index >= 15 is 0 Å². The van der Waals surface area contributed by atoms with E-state index in [2.05, 4.69) is 15.0 Å². The second-order valence-corrected chi connectivity index (χ2v) is 3.52. The summed E-state index contributed by atoms with van der Waals surface area (Å²) in [7, 11) is 0. The number of rotatable bonds is 2. The SMILES string of the molecule is CCc1nc2c(C(=O)O)c(C)[nH]c2c(=O)[nH]1. The molecule has 0 saturated carbocycles. The molecule has 0 amide bonds. The van der Waals surface area contributed by atoms with Crippen LogP contribution in [-0.4, -0.2) is 26.0 Å². The summed E-state index contributed by atoms with van der Waals surface area (Å²) in [5.74, 6) is -0.595. The summed E-state index contributed by atoms with van der Waals surface area (Å²) in [6.07, 6.45) is 0.550. The second-order valence-electron chi connectivity index (χ2n) is 3.52. The van der Waals surface area contributed by atoms with Crippen LogP contribution in [0.1, 0.15) is 28.8 Å². The van der Waals surface area contributed by atoms with Gasteiger partial charge in [-0.15, -0.1) is 0 Å². The molecule has 2 heterocycles. The molecule has 0 aliphatic rings. The molecule has 0 spiro atoms. The number of aromatic amines is 2. The van der Waals surface area contributed by atoms with E-state index in [1.165, 1.54) is 0 Å². The third-order valence-corrected chi connectivity index (χ3v) is 2.44. The average molecular weight is 221 g/mol. The van der Waals surface area contributed by atoms with Crippen molar-refractivity contribution in [3.63, 3.8) is 0 Å². The van der Waals surface area contributed by atoms with Crippen molar-refractivity contribution in [2.45, 2.75) is 20.3 Å². The number of carboxylic acids is 1. The van der Waals surface area contributed by atoms with Crippen LogP contribution in [0.3, 0.4) is 0 Å². The standard InChI is InChI=1S/C10H11N3O3/c1-3-5-12-7-6(10(15)16)4(2)11-8(7)9(14)13-5/h11H,3H2,1-2H3,(H,15,16)(H,12,13,14). The van der Waals surface area contributed by atoms with Crippen LogP contribution < -0.4 is 5.56 Å². The molecule has 2 rings (SSSR count). The van der Waals surface area contributed by atoms with Gasteiger partial charge in [-0.25, -0.2) is 9.78 Å². The summed E-state index contributed by atoms with van der Waals surface area (Å²) in [5, 5.41) is 9.03. The van der Waals surface area contributed by atoms with Crippen molar-refractivity contribution in [2.75, 3.05) is 0 Å². The number of H-pyrrole nitrogens is 2. The Kier molecular flexibility index (Phi) is 2.26. The molecule has 2 aromatic rings. The monoisotopic (exact) mass is 221 g/mol. The maximum Gasteiger partial charge on any atom is 0.339 e. The average Bonchev–Trinajstić information content (AvgIpc) is 2.54. The Balaban J connectivity index is 2.92. The normalized spacial score (nSPS) is 10.9. The Labute approximate surface area is 90.3 Å². The maximum absolute atomic E-state index is 11.6. The minimum Gasteiger partial charge on any atom is -0.478 e. The first-order chi connectivity index (χ1) is 7.54. The van der Waals surface area contributed by atoms with Gasteiger partial charge < -0.3 is 15.1 Å². The first kappa shape index (κ1) is 10.4. The molecular weight excluding hydrogens is 210 g/mol. The molecule has 16 heavy (non-hydrogen) atoms. The van der Waals surface area contributed by atoms with Crippen molar-refractivity contribution < 1.29 is 9.90 Å². The van der Waals surface area contributed by atoms with Gasteiger partial charge in [0, 0.05) is 12.1 Å². The summed E-state index contributed by atoms with van der Waals surface area (Å²) < 4.78 is 0. The van der Waals surface area contributed by atoms with Crippen molar-refractivity contribution in [1.29, 1.82) is 0 Å². The number of hydrogen-bond donors (Lipinski definition) is 3. The van der Waals surface area contributed by atoms with Crippen molar-refractivity contribution >= 4 is 17.0 Å². The van der Waals surface area contributed by atoms with Crippen molar-refractivity contribution in [1.82, 2.24) is 15.0 Å². The number of nitrogens with zero attached hydrogens (tertiary/aromatic N) is 1. The van der Waals surface area contributed by atoms with Crippen LogP contribution in [0.4, 0.5) is 0 Å². The van der Waals surface area contributed by atoms with E-state index in [0.29, 0.717) is 17.9 Å². The Hall–Kier alpha value is -2.11. The number of carboxylic acid groups (broad SMARTS) is 1. The summed E-state index contributed by atoms with van der Waals surface area (Å²) in [6, 6.07) is 0. The molecule has 0 aliphatic carbocycles. The van der Waals surface area contributed by atoms with Gasteiger partial charge in [0.2, 0.25) is 0 Å². The van der Waals surface area contributed by atoms with Crippen LogP contribution in [0, 0.1) is 6.92 Å². The predicted octanol–water partition coefficient (Wildman–Crippen LogP) is 0.820. The van der Waals surface area contributed by atoms with Gasteiger partial charge in [-0.2, -0.15) is 0 Å². The maximum atomic E-state index is 11.6. The number of aromatic carboxylic acids is 1. The van der Waals surface area contributed by atoms with Gasteiger partial charge in [0.15, 0.2) is 0 Å². The third-order valence-electron chi connectivity index (χ3n) is 2.44. The Morgan fingerprint density at radius 3 is 2.69 bits per heavy atom. The topological polar surface area (TPSA) is 98.8 Å². The summed E-state index contributed by atoms with van der Waals surface area (Å²) in [4.78, 5) is 32.1. The highest BCUT2D eigenvalue weighted by Crippen LogP contribution is 2.17. The summed E-state index contributed by atoms with van der Waals surface area (Å²) in [5.41, 5.74) is 0.611. The fourth-order valence-corrected chi connectivity index (χ4v) is 1.67. The lowest BCUT2D eigenvalue weighted by Gasteiger charge is -1.96. The van der Waals surface area contributed by atoms with Crippen LogP contribution in [0.2, 0.25) is 0 Å². The minimum atomic E-state index is -1.08. The smallest absolute Gasteiger partial charge is 0.339 e. The molecule has 0 unspecified atom stereocenters. The van der Waals surface area contributed by atoms with E-state index in [0.717, 1.165) is 0 Å². The number of nitrogens with one attached hydrogen (secondary N) is 2. The van der Waals surface area contributed by atoms with Crippen molar-refractivity contribution in [3.8, 4) is 0 Å². The zero-order valence-electron chi connectivity index (χ0n) is 8.92. The van der Waals surface area contributed by atoms with E-state index in [-0.39, 0.29) is 22.2 Å². The fraction of sp³-hybridized carbons (Fsp3) is 0.300. The number of aryl methyl sites for hydroxylation is 2. The van der Waals surface area contributed by atoms with E-state index < -0.39 is 5.97 Å². The highest BCUT2D eigenvalue weighted by molar-refractivity contribution is 6.02. The molecule has 0 saturated heterocycles. The van der Waals surface area contributed by atoms with E-state index in [9.17, 15) is 9.59 Å². The third kappa shape index (κ3) is 1.39. The Morgan fingerprint density at radius 1 is 1.44 bits per heavy atom. The van der Waals surface area contributed by atoms with Gasteiger partial charge in [0.05, 0.1) is 0 Å². The van der Waals surface area contributed by atoms with Gasteiger partial charge >= 0.3 is 5.97 Å². The molecule has 0 aliphatic heterocycles. The molecule has 6 heteroatoms. The van der Waals surface area contributed by atoms with Gasteiger partial charge in [0.1, 0.15) is 22.4 Å².